The van der Waals surface area contributed by atoms with Gasteiger partial charge in [-0.25, -0.2) is 15.0 Å². The lowest BCUT2D eigenvalue weighted by atomic mass is 9.77. The second-order valence-electron chi connectivity index (χ2n) is 12.5. The van der Waals surface area contributed by atoms with Crippen molar-refractivity contribution in [1.29, 1.82) is 0 Å². The Morgan fingerprint density at radius 1 is 0.500 bits per heavy atom. The van der Waals surface area contributed by atoms with Gasteiger partial charge in [-0.2, -0.15) is 0 Å². The minimum atomic E-state index is -0.287. The molecule has 6 aromatic carbocycles. The van der Waals surface area contributed by atoms with Crippen molar-refractivity contribution < 1.29 is 4.74 Å². The average molecular weight is 639 g/mol. The first-order chi connectivity index (χ1) is 23.5. The molecule has 0 bridgehead atoms. The highest BCUT2D eigenvalue weighted by atomic mass is 32.2. The predicted octanol–water partition coefficient (Wildman–Crippen LogP) is 11.2. The number of nitrogens with zero attached hydrogens (tertiary/aromatic N) is 4. The Hall–Kier alpha value is -5.72. The van der Waals surface area contributed by atoms with Crippen molar-refractivity contribution in [3.05, 3.63) is 157 Å². The van der Waals surface area contributed by atoms with Crippen LogP contribution in [0.3, 0.4) is 0 Å². The Morgan fingerprint density at radius 3 is 1.56 bits per heavy atom. The smallest absolute Gasteiger partial charge is 0.164 e. The van der Waals surface area contributed by atoms with Gasteiger partial charge in [-0.1, -0.05) is 117 Å². The van der Waals surface area contributed by atoms with Crippen LogP contribution in [0.15, 0.2) is 155 Å². The number of anilines is 3. The maximum absolute atomic E-state index is 6.30. The van der Waals surface area contributed by atoms with Crippen LogP contribution in [0.4, 0.5) is 17.1 Å². The molecule has 2 aliphatic heterocycles. The lowest BCUT2D eigenvalue weighted by molar-refractivity contribution is 0.477. The molecule has 5 nitrogen and oxygen atoms in total. The summed E-state index contributed by atoms with van der Waals surface area (Å²) in [6.07, 6.45) is 0. The lowest BCUT2D eigenvalue weighted by Crippen LogP contribution is -2.25. The normalized spacial score (nSPS) is 13.8. The molecule has 1 aromatic heterocycles. The van der Waals surface area contributed by atoms with Crippen molar-refractivity contribution in [1.82, 2.24) is 15.0 Å². The van der Waals surface area contributed by atoms with Gasteiger partial charge in [0.2, 0.25) is 0 Å². The molecule has 9 rings (SSSR count). The highest BCUT2D eigenvalue weighted by Crippen LogP contribution is 2.54. The van der Waals surface area contributed by atoms with Crippen molar-refractivity contribution in [3.8, 4) is 45.7 Å². The molecule has 0 atom stereocenters. The summed E-state index contributed by atoms with van der Waals surface area (Å²) in [5, 5.41) is 0. The fraction of sp³-hybridized carbons (Fsp3) is 0.0714. The number of rotatable bonds is 4. The molecule has 0 saturated carbocycles. The summed E-state index contributed by atoms with van der Waals surface area (Å²) in [5.74, 6) is 3.67. The zero-order valence-electron chi connectivity index (χ0n) is 26.5. The van der Waals surface area contributed by atoms with Crippen LogP contribution >= 0.6 is 11.8 Å². The monoisotopic (exact) mass is 638 g/mol. The van der Waals surface area contributed by atoms with E-state index in [2.05, 4.69) is 79.4 Å². The largest absolute Gasteiger partial charge is 0.453 e. The van der Waals surface area contributed by atoms with E-state index in [1.54, 1.807) is 0 Å². The molecule has 0 N–H and O–H groups in total. The Morgan fingerprint density at radius 2 is 0.979 bits per heavy atom. The molecule has 0 spiro atoms. The molecule has 6 heteroatoms. The quantitative estimate of drug-likeness (QED) is 0.191. The topological polar surface area (TPSA) is 51.1 Å². The van der Waals surface area contributed by atoms with Crippen molar-refractivity contribution in [2.24, 2.45) is 0 Å². The molecule has 0 unspecified atom stereocenters. The van der Waals surface area contributed by atoms with Gasteiger partial charge >= 0.3 is 0 Å². The zero-order valence-corrected chi connectivity index (χ0v) is 27.3. The summed E-state index contributed by atoms with van der Waals surface area (Å²) in [6, 6.07) is 50.2. The van der Waals surface area contributed by atoms with E-state index >= 15 is 0 Å². The van der Waals surface area contributed by atoms with Gasteiger partial charge in [-0.05, 0) is 65.7 Å². The van der Waals surface area contributed by atoms with Crippen LogP contribution in [0, 0.1) is 0 Å². The maximum atomic E-state index is 6.30. The SMILES string of the molecule is CC1(C)c2cc(-c3nc(-c4ccccc4)nc(-c4ccccc4)n3)ccc2Sc2ccc(N3c4ccccc4Oc4ccccc43)cc21. The van der Waals surface area contributed by atoms with E-state index in [1.807, 2.05) is 96.7 Å². The van der Waals surface area contributed by atoms with Crippen molar-refractivity contribution >= 4 is 28.8 Å². The number of ether oxygens (including phenoxy) is 1. The van der Waals surface area contributed by atoms with Crippen LogP contribution in [0.1, 0.15) is 25.0 Å². The average Bonchev–Trinajstić information content (AvgIpc) is 3.14. The Kier molecular flexibility index (Phi) is 6.66. The van der Waals surface area contributed by atoms with Crippen LogP contribution in [-0.2, 0) is 5.41 Å². The molecule has 0 saturated heterocycles. The van der Waals surface area contributed by atoms with E-state index < -0.39 is 0 Å². The summed E-state index contributed by atoms with van der Waals surface area (Å²) in [5.41, 5.74) is 8.28. The van der Waals surface area contributed by atoms with Crippen molar-refractivity contribution in [2.45, 2.75) is 29.1 Å². The van der Waals surface area contributed by atoms with E-state index in [4.69, 9.17) is 19.7 Å². The molecular formula is C42H30N4OS. The van der Waals surface area contributed by atoms with Crippen molar-refractivity contribution in [3.63, 3.8) is 0 Å². The first-order valence-corrected chi connectivity index (χ1v) is 16.8. The molecule has 0 radical (unpaired) electrons. The number of hydrogen-bond donors (Lipinski definition) is 0. The van der Waals surface area contributed by atoms with Crippen molar-refractivity contribution in [2.75, 3.05) is 4.90 Å². The van der Waals surface area contributed by atoms with E-state index in [0.717, 1.165) is 45.3 Å². The zero-order chi connectivity index (χ0) is 32.2. The Balaban J connectivity index is 1.15. The predicted molar refractivity (Wildman–Crippen MR) is 194 cm³/mol. The first kappa shape index (κ1) is 28.5. The van der Waals surface area contributed by atoms with E-state index in [-0.39, 0.29) is 5.41 Å². The standard InChI is InChI=1S/C42H30N4OS/c1-42(2)31-25-29(41-44-39(27-13-5-3-6-14-27)43-40(45-41)28-15-7-4-8-16-28)21-23-37(31)48-38-24-22-30(26-32(38)42)46-33-17-9-11-19-35(33)47-36-20-12-10-18-34(36)46/h3-26H,1-2H3. The molecule has 0 aliphatic carbocycles. The molecule has 230 valence electrons. The molecule has 0 amide bonds. The number of para-hydroxylation sites is 4. The molecule has 48 heavy (non-hydrogen) atoms. The van der Waals surface area contributed by atoms with E-state index in [9.17, 15) is 0 Å². The van der Waals surface area contributed by atoms with Gasteiger partial charge in [0.25, 0.3) is 0 Å². The number of fused-ring (bicyclic) bond motifs is 4. The molecule has 0 fully saturated rings. The Labute approximate surface area is 284 Å². The molecule has 7 aromatic rings. The van der Waals surface area contributed by atoms with Gasteiger partial charge in [-0.3, -0.25) is 0 Å². The number of aromatic nitrogens is 3. The summed E-state index contributed by atoms with van der Waals surface area (Å²) in [7, 11) is 0. The van der Waals surface area contributed by atoms with Crippen LogP contribution < -0.4 is 9.64 Å². The summed E-state index contributed by atoms with van der Waals surface area (Å²) >= 11 is 1.82. The highest BCUT2D eigenvalue weighted by molar-refractivity contribution is 7.99. The van der Waals surface area contributed by atoms with Crippen LogP contribution in [0.5, 0.6) is 11.5 Å². The summed E-state index contributed by atoms with van der Waals surface area (Å²) in [4.78, 5) is 19.7. The minimum Gasteiger partial charge on any atom is -0.453 e. The van der Waals surface area contributed by atoms with Gasteiger partial charge in [-0.15, -0.1) is 0 Å². The van der Waals surface area contributed by atoms with Crippen LogP contribution in [0.2, 0.25) is 0 Å². The van der Waals surface area contributed by atoms with Gasteiger partial charge in [0.15, 0.2) is 29.0 Å². The molecular weight excluding hydrogens is 609 g/mol. The lowest BCUT2D eigenvalue weighted by Gasteiger charge is -2.37. The Bertz CT molecular complexity index is 2240. The van der Waals surface area contributed by atoms with E-state index in [0.29, 0.717) is 17.5 Å². The summed E-state index contributed by atoms with van der Waals surface area (Å²) < 4.78 is 6.30. The fourth-order valence-electron chi connectivity index (χ4n) is 6.67. The minimum absolute atomic E-state index is 0.287. The molecule has 2 aliphatic rings. The first-order valence-electron chi connectivity index (χ1n) is 16.0. The highest BCUT2D eigenvalue weighted by Gasteiger charge is 2.35. The third kappa shape index (κ3) is 4.76. The number of benzene rings is 6. The second kappa shape index (κ2) is 11.2. The summed E-state index contributed by atoms with van der Waals surface area (Å²) in [6.45, 7) is 4.63. The fourth-order valence-corrected chi connectivity index (χ4v) is 8.02. The van der Waals surface area contributed by atoms with E-state index in [1.165, 1.54) is 20.9 Å². The van der Waals surface area contributed by atoms with Gasteiger partial charge in [0.05, 0.1) is 11.4 Å². The third-order valence-corrected chi connectivity index (χ3v) is 10.3. The number of hydrogen-bond acceptors (Lipinski definition) is 6. The second-order valence-corrected chi connectivity index (χ2v) is 13.6. The maximum Gasteiger partial charge on any atom is 0.164 e. The molecule has 3 heterocycles. The third-order valence-electron chi connectivity index (χ3n) is 9.16. The van der Waals surface area contributed by atoms with Crippen LogP contribution in [-0.4, -0.2) is 15.0 Å². The van der Waals surface area contributed by atoms with Gasteiger partial charge in [0.1, 0.15) is 0 Å². The van der Waals surface area contributed by atoms with Crippen LogP contribution in [0.25, 0.3) is 34.2 Å². The van der Waals surface area contributed by atoms with Gasteiger partial charge < -0.3 is 9.64 Å². The van der Waals surface area contributed by atoms with Gasteiger partial charge in [0, 0.05) is 37.6 Å².